The predicted molar refractivity (Wildman–Crippen MR) is 107 cm³/mol. The van der Waals surface area contributed by atoms with E-state index in [9.17, 15) is 9.59 Å². The van der Waals surface area contributed by atoms with Crippen molar-refractivity contribution in [2.45, 2.75) is 12.5 Å². The molecule has 1 aromatic carbocycles. The lowest BCUT2D eigenvalue weighted by Gasteiger charge is -2.31. The van der Waals surface area contributed by atoms with Gasteiger partial charge in [-0.2, -0.15) is 0 Å². The van der Waals surface area contributed by atoms with E-state index in [4.69, 9.17) is 23.2 Å². The zero-order valence-electron chi connectivity index (χ0n) is 15.2. The fraction of sp³-hybridized carbons (Fsp3) is 0.250. The number of nitrogens with one attached hydrogen (secondary N) is 1. The Morgan fingerprint density at radius 3 is 2.71 bits per heavy atom. The van der Waals surface area contributed by atoms with Crippen LogP contribution in [-0.2, 0) is 11.2 Å². The van der Waals surface area contributed by atoms with Crippen LogP contribution < -0.4 is 5.32 Å². The Kier molecular flexibility index (Phi) is 5.00. The molecule has 1 N–H and O–H groups in total. The van der Waals surface area contributed by atoms with Crippen LogP contribution in [0.5, 0.6) is 0 Å². The maximum absolute atomic E-state index is 13.2. The van der Waals surface area contributed by atoms with E-state index in [0.717, 1.165) is 11.3 Å². The van der Waals surface area contributed by atoms with Crippen LogP contribution in [0.2, 0.25) is 10.0 Å². The first kappa shape index (κ1) is 18.8. The highest BCUT2D eigenvalue weighted by Crippen LogP contribution is 2.37. The number of hydrogen-bond donors (Lipinski definition) is 1. The van der Waals surface area contributed by atoms with Crippen molar-refractivity contribution in [3.8, 4) is 0 Å². The van der Waals surface area contributed by atoms with Gasteiger partial charge < -0.3 is 10.2 Å². The number of halogens is 2. The molecule has 1 aromatic heterocycles. The molecule has 8 heteroatoms. The minimum Gasteiger partial charge on any atom is -0.333 e. The summed E-state index contributed by atoms with van der Waals surface area (Å²) in [6.07, 6.45) is 2.39. The topological polar surface area (TPSA) is 65.5 Å². The molecule has 0 fully saturated rings. The van der Waals surface area contributed by atoms with Gasteiger partial charge in [-0.1, -0.05) is 35.3 Å². The van der Waals surface area contributed by atoms with E-state index in [1.54, 1.807) is 36.3 Å². The van der Waals surface area contributed by atoms with Gasteiger partial charge in [0.05, 0.1) is 33.9 Å². The molecule has 3 heterocycles. The molecule has 4 rings (SSSR count). The minimum atomic E-state index is -0.555. The molecule has 1 atom stereocenters. The zero-order valence-corrected chi connectivity index (χ0v) is 16.7. The first-order chi connectivity index (χ1) is 13.5. The van der Waals surface area contributed by atoms with Crippen molar-refractivity contribution in [2.75, 3.05) is 20.1 Å². The summed E-state index contributed by atoms with van der Waals surface area (Å²) in [5.41, 5.74) is 2.93. The molecule has 0 saturated heterocycles. The van der Waals surface area contributed by atoms with Gasteiger partial charge in [0.1, 0.15) is 0 Å². The number of nitrogens with zero attached hydrogens (tertiary/aromatic N) is 3. The second-order valence-electron chi connectivity index (χ2n) is 6.77. The number of pyridine rings is 1. The molecule has 0 unspecified atom stereocenters. The van der Waals surface area contributed by atoms with Gasteiger partial charge in [0, 0.05) is 31.9 Å². The van der Waals surface area contributed by atoms with E-state index in [2.05, 4.69) is 10.3 Å². The normalized spacial score (nSPS) is 19.2. The summed E-state index contributed by atoms with van der Waals surface area (Å²) in [5, 5.41) is 3.70. The predicted octanol–water partition coefficient (Wildman–Crippen LogP) is 3.42. The van der Waals surface area contributed by atoms with E-state index in [0.29, 0.717) is 40.8 Å². The maximum atomic E-state index is 13.2. The van der Waals surface area contributed by atoms with E-state index < -0.39 is 6.04 Å². The summed E-state index contributed by atoms with van der Waals surface area (Å²) in [6.45, 7) is 0.918. The first-order valence-corrected chi connectivity index (χ1v) is 9.62. The van der Waals surface area contributed by atoms with Gasteiger partial charge in [-0.3, -0.25) is 14.7 Å². The molecule has 3 amide bonds. The quantitative estimate of drug-likeness (QED) is 0.829. The maximum Gasteiger partial charge on any atom is 0.322 e. The summed E-state index contributed by atoms with van der Waals surface area (Å²) in [5.74, 6) is -0.0890. The number of urea groups is 1. The monoisotopic (exact) mass is 416 g/mol. The van der Waals surface area contributed by atoms with Gasteiger partial charge in [0.25, 0.3) is 5.91 Å². The average Bonchev–Trinajstić information content (AvgIpc) is 3.03. The Hall–Kier alpha value is -2.57. The number of benzene rings is 1. The number of amides is 3. The second-order valence-corrected chi connectivity index (χ2v) is 7.59. The number of carbonyl (C=O) groups excluding carboxylic acids is 2. The standard InChI is InChI=1S/C20H18Cl2N4O2/c1-25-16-11-26(9-7-13-4-2-3-8-23-13)19(27)17(16)18(24-20(25)28)12-5-6-14(21)15(22)10-12/h2-6,8,10,18H,7,9,11H2,1H3,(H,24,28)/t18-/m1/s1. The van der Waals surface area contributed by atoms with Crippen LogP contribution in [0.25, 0.3) is 0 Å². The van der Waals surface area contributed by atoms with Gasteiger partial charge in [-0.25, -0.2) is 4.79 Å². The molecule has 0 saturated carbocycles. The van der Waals surface area contributed by atoms with Gasteiger partial charge in [-0.15, -0.1) is 0 Å². The van der Waals surface area contributed by atoms with Gasteiger partial charge in [0.15, 0.2) is 0 Å². The summed E-state index contributed by atoms with van der Waals surface area (Å²) in [7, 11) is 1.67. The molecule has 28 heavy (non-hydrogen) atoms. The van der Waals surface area contributed by atoms with Crippen LogP contribution in [0, 0.1) is 0 Å². The van der Waals surface area contributed by atoms with Crippen molar-refractivity contribution in [1.29, 1.82) is 0 Å². The average molecular weight is 417 g/mol. The number of aromatic nitrogens is 1. The fourth-order valence-corrected chi connectivity index (χ4v) is 3.85. The van der Waals surface area contributed by atoms with Crippen LogP contribution in [0.3, 0.4) is 0 Å². The van der Waals surface area contributed by atoms with Crippen molar-refractivity contribution in [2.24, 2.45) is 0 Å². The lowest BCUT2D eigenvalue weighted by atomic mass is 9.96. The third kappa shape index (κ3) is 3.34. The number of hydrogen-bond acceptors (Lipinski definition) is 3. The molecule has 2 aromatic rings. The molecular formula is C20H18Cl2N4O2. The van der Waals surface area contributed by atoms with E-state index in [-0.39, 0.29) is 11.9 Å². The highest BCUT2D eigenvalue weighted by atomic mass is 35.5. The SMILES string of the molecule is CN1C(=O)N[C@H](c2ccc(Cl)c(Cl)c2)C2=C1CN(CCc1ccccn1)C2=O. The molecule has 144 valence electrons. The Morgan fingerprint density at radius 2 is 2.00 bits per heavy atom. The van der Waals surface area contributed by atoms with E-state index >= 15 is 0 Å². The lowest BCUT2D eigenvalue weighted by molar-refractivity contribution is -0.125. The van der Waals surface area contributed by atoms with Crippen LogP contribution in [-0.4, -0.2) is 46.9 Å². The first-order valence-electron chi connectivity index (χ1n) is 8.87. The third-order valence-electron chi connectivity index (χ3n) is 5.08. The fourth-order valence-electron chi connectivity index (χ4n) is 3.54. The largest absolute Gasteiger partial charge is 0.333 e. The Labute approximate surface area is 172 Å². The van der Waals surface area contributed by atoms with Crippen LogP contribution in [0.15, 0.2) is 53.9 Å². The molecule has 0 bridgehead atoms. The highest BCUT2D eigenvalue weighted by molar-refractivity contribution is 6.42. The summed E-state index contributed by atoms with van der Waals surface area (Å²) in [6, 6.07) is 10.0. The summed E-state index contributed by atoms with van der Waals surface area (Å²) >= 11 is 12.2. The van der Waals surface area contributed by atoms with Gasteiger partial charge in [-0.05, 0) is 29.8 Å². The lowest BCUT2D eigenvalue weighted by Crippen LogP contribution is -2.45. The molecule has 0 aliphatic carbocycles. The van der Waals surface area contributed by atoms with Crippen molar-refractivity contribution in [3.05, 3.63) is 75.2 Å². The summed E-state index contributed by atoms with van der Waals surface area (Å²) < 4.78 is 0. The molecule has 2 aliphatic rings. The third-order valence-corrected chi connectivity index (χ3v) is 5.82. The van der Waals surface area contributed by atoms with Crippen LogP contribution in [0.4, 0.5) is 4.79 Å². The molecule has 0 spiro atoms. The Balaban J connectivity index is 1.61. The smallest absolute Gasteiger partial charge is 0.322 e. The van der Waals surface area contributed by atoms with Crippen molar-refractivity contribution >= 4 is 35.1 Å². The van der Waals surface area contributed by atoms with Gasteiger partial charge in [0.2, 0.25) is 0 Å². The second kappa shape index (κ2) is 7.45. The molecule has 2 aliphatic heterocycles. The molecular weight excluding hydrogens is 399 g/mol. The van der Waals surface area contributed by atoms with Crippen molar-refractivity contribution < 1.29 is 9.59 Å². The number of carbonyl (C=O) groups is 2. The van der Waals surface area contributed by atoms with Crippen LogP contribution >= 0.6 is 23.2 Å². The number of rotatable bonds is 4. The highest BCUT2D eigenvalue weighted by Gasteiger charge is 2.42. The molecule has 6 nitrogen and oxygen atoms in total. The Morgan fingerprint density at radius 1 is 1.18 bits per heavy atom. The summed E-state index contributed by atoms with van der Waals surface area (Å²) in [4.78, 5) is 33.2. The minimum absolute atomic E-state index is 0.0890. The van der Waals surface area contributed by atoms with Crippen LogP contribution in [0.1, 0.15) is 17.3 Å². The van der Waals surface area contributed by atoms with E-state index in [1.807, 2.05) is 18.2 Å². The Bertz CT molecular complexity index is 977. The molecule has 0 radical (unpaired) electrons. The van der Waals surface area contributed by atoms with E-state index in [1.165, 1.54) is 4.90 Å². The van der Waals surface area contributed by atoms with Crippen molar-refractivity contribution in [1.82, 2.24) is 20.1 Å². The van der Waals surface area contributed by atoms with Gasteiger partial charge >= 0.3 is 6.03 Å². The van der Waals surface area contributed by atoms with Crippen molar-refractivity contribution in [3.63, 3.8) is 0 Å². The number of likely N-dealkylation sites (N-methyl/N-ethyl adjacent to an activating group) is 1. The zero-order chi connectivity index (χ0) is 19.8.